The quantitative estimate of drug-likeness (QED) is 0.598. The molecule has 0 saturated carbocycles. The third-order valence-corrected chi connectivity index (χ3v) is 1.75. The van der Waals surface area contributed by atoms with Crippen molar-refractivity contribution in [2.24, 2.45) is 0 Å². The summed E-state index contributed by atoms with van der Waals surface area (Å²) in [6, 6.07) is 0. The van der Waals surface area contributed by atoms with Gasteiger partial charge in [0.1, 0.15) is 5.56 Å². The number of nitrogen functional groups attached to an aromatic ring is 1. The molecule has 0 atom stereocenters. The van der Waals surface area contributed by atoms with Gasteiger partial charge in [0.05, 0.1) is 10.5 Å². The molecule has 0 spiro atoms. The van der Waals surface area contributed by atoms with Crippen LogP contribution in [0, 0.1) is 10.1 Å². The predicted molar refractivity (Wildman–Crippen MR) is 47.2 cm³/mol. The van der Waals surface area contributed by atoms with E-state index in [0.717, 1.165) is 0 Å². The molecule has 0 unspecified atom stereocenters. The Morgan fingerprint density at radius 3 is 2.56 bits per heavy atom. The van der Waals surface area contributed by atoms with Crippen molar-refractivity contribution in [3.8, 4) is 0 Å². The molecule has 0 aliphatic carbocycles. The van der Waals surface area contributed by atoms with E-state index in [2.05, 4.69) is 4.98 Å². The minimum absolute atomic E-state index is 0.562. The van der Waals surface area contributed by atoms with Crippen LogP contribution in [0.5, 0.6) is 0 Å². The van der Waals surface area contributed by atoms with Crippen LogP contribution in [0.1, 0.15) is 22.3 Å². The highest BCUT2D eigenvalue weighted by Gasteiger charge is 2.31. The van der Waals surface area contributed by atoms with E-state index in [1.807, 2.05) is 0 Å². The zero-order chi connectivity index (χ0) is 12.5. The average Bonchev–Trinajstić information content (AvgIpc) is 2.15. The van der Waals surface area contributed by atoms with E-state index < -0.39 is 40.0 Å². The van der Waals surface area contributed by atoms with E-state index in [9.17, 15) is 23.7 Å². The summed E-state index contributed by atoms with van der Waals surface area (Å²) >= 11 is 0. The van der Waals surface area contributed by atoms with Crippen molar-refractivity contribution in [1.29, 1.82) is 0 Å². The first-order chi connectivity index (χ1) is 7.36. The maximum atomic E-state index is 12.5. The number of carboxylic acids is 1. The van der Waals surface area contributed by atoms with Gasteiger partial charge >= 0.3 is 11.7 Å². The second kappa shape index (κ2) is 4.04. The van der Waals surface area contributed by atoms with Gasteiger partial charge in [-0.3, -0.25) is 10.1 Å². The van der Waals surface area contributed by atoms with Crippen LogP contribution in [0.15, 0.2) is 6.20 Å². The highest BCUT2D eigenvalue weighted by Crippen LogP contribution is 2.34. The van der Waals surface area contributed by atoms with Gasteiger partial charge in [0, 0.05) is 6.20 Å². The number of aromatic nitrogens is 1. The van der Waals surface area contributed by atoms with Crippen molar-refractivity contribution in [2.75, 3.05) is 5.73 Å². The fourth-order valence-electron chi connectivity index (χ4n) is 1.11. The number of hydrogen-bond acceptors (Lipinski definition) is 5. The van der Waals surface area contributed by atoms with Gasteiger partial charge in [-0.05, 0) is 0 Å². The summed E-state index contributed by atoms with van der Waals surface area (Å²) in [6.07, 6.45) is -2.76. The average molecular weight is 233 g/mol. The number of carbonyl (C=O) groups is 1. The molecule has 0 bridgehead atoms. The van der Waals surface area contributed by atoms with E-state index in [0.29, 0.717) is 6.20 Å². The van der Waals surface area contributed by atoms with Crippen LogP contribution in [0.2, 0.25) is 0 Å². The molecule has 1 rings (SSSR count). The molecule has 0 saturated heterocycles. The number of nitrogens with zero attached hydrogens (tertiary/aromatic N) is 2. The Labute approximate surface area is 86.7 Å². The minimum Gasteiger partial charge on any atom is -0.478 e. The van der Waals surface area contributed by atoms with Crippen LogP contribution in [-0.2, 0) is 0 Å². The van der Waals surface area contributed by atoms with Gasteiger partial charge in [0.2, 0.25) is 5.82 Å². The van der Waals surface area contributed by atoms with Gasteiger partial charge in [-0.1, -0.05) is 0 Å². The summed E-state index contributed by atoms with van der Waals surface area (Å²) in [5.74, 6) is -2.48. The smallest absolute Gasteiger partial charge is 0.338 e. The monoisotopic (exact) mass is 233 g/mol. The molecule has 0 amide bonds. The number of halogens is 2. The zero-order valence-corrected chi connectivity index (χ0v) is 7.55. The third-order valence-electron chi connectivity index (χ3n) is 1.75. The number of carboxylic acid groups (broad SMARTS) is 1. The summed E-state index contributed by atoms with van der Waals surface area (Å²) in [5, 5.41) is 19.1. The van der Waals surface area contributed by atoms with Crippen LogP contribution >= 0.6 is 0 Å². The van der Waals surface area contributed by atoms with Crippen LogP contribution < -0.4 is 5.73 Å². The fourth-order valence-corrected chi connectivity index (χ4v) is 1.11. The van der Waals surface area contributed by atoms with E-state index in [4.69, 9.17) is 10.8 Å². The number of hydrogen-bond donors (Lipinski definition) is 2. The number of nitro groups is 1. The predicted octanol–water partition coefficient (Wildman–Crippen LogP) is 1.21. The number of nitrogens with two attached hydrogens (primary N) is 1. The molecule has 7 nitrogen and oxygen atoms in total. The standard InChI is InChI=1S/C7H5F2N3O4/c8-5(9)3-2(7(13)14)1-11-6(10)4(3)12(15)16/h1,5H,(H2,10,11)(H,13,14). The Morgan fingerprint density at radius 1 is 1.62 bits per heavy atom. The second-order valence-electron chi connectivity index (χ2n) is 2.68. The van der Waals surface area contributed by atoms with Crippen LogP contribution in [0.4, 0.5) is 20.3 Å². The minimum atomic E-state index is -3.32. The molecule has 0 aliphatic rings. The maximum absolute atomic E-state index is 12.5. The summed E-state index contributed by atoms with van der Waals surface area (Å²) in [5.41, 5.74) is 1.71. The molecule has 3 N–H and O–H groups in total. The molecule has 1 aromatic rings. The van der Waals surface area contributed by atoms with Crippen LogP contribution in [0.3, 0.4) is 0 Å². The van der Waals surface area contributed by atoms with E-state index in [1.165, 1.54) is 0 Å². The Morgan fingerprint density at radius 2 is 2.19 bits per heavy atom. The number of aromatic carboxylic acids is 1. The summed E-state index contributed by atoms with van der Waals surface area (Å²) < 4.78 is 25.1. The lowest BCUT2D eigenvalue weighted by molar-refractivity contribution is -0.385. The van der Waals surface area contributed by atoms with Crippen molar-refractivity contribution in [3.05, 3.63) is 27.4 Å². The summed E-state index contributed by atoms with van der Waals surface area (Å²) in [4.78, 5) is 23.1. The van der Waals surface area contributed by atoms with Crippen molar-refractivity contribution in [1.82, 2.24) is 4.98 Å². The number of pyridine rings is 1. The lowest BCUT2D eigenvalue weighted by atomic mass is 10.1. The SMILES string of the molecule is Nc1ncc(C(=O)O)c(C(F)F)c1[N+](=O)[O-]. The molecule has 16 heavy (non-hydrogen) atoms. The zero-order valence-electron chi connectivity index (χ0n) is 7.55. The molecule has 1 aromatic heterocycles. The van der Waals surface area contributed by atoms with Gasteiger partial charge in [-0.25, -0.2) is 18.6 Å². The molecule has 86 valence electrons. The highest BCUT2D eigenvalue weighted by molar-refractivity contribution is 5.91. The lowest BCUT2D eigenvalue weighted by Gasteiger charge is -2.06. The normalized spacial score (nSPS) is 10.4. The molecule has 1 heterocycles. The first kappa shape index (κ1) is 11.8. The van der Waals surface area contributed by atoms with Gasteiger partial charge < -0.3 is 10.8 Å². The Hall–Kier alpha value is -2.32. The highest BCUT2D eigenvalue weighted by atomic mass is 19.3. The molecule has 0 aromatic carbocycles. The van der Waals surface area contributed by atoms with Gasteiger partial charge in [0.15, 0.2) is 0 Å². The molecule has 0 aliphatic heterocycles. The maximum Gasteiger partial charge on any atom is 0.338 e. The van der Waals surface area contributed by atoms with Gasteiger partial charge in [-0.2, -0.15) is 0 Å². The van der Waals surface area contributed by atoms with Crippen LogP contribution in [0.25, 0.3) is 0 Å². The van der Waals surface area contributed by atoms with Crippen molar-refractivity contribution < 1.29 is 23.6 Å². The second-order valence-corrected chi connectivity index (χ2v) is 2.68. The van der Waals surface area contributed by atoms with Crippen molar-refractivity contribution in [2.45, 2.75) is 6.43 Å². The van der Waals surface area contributed by atoms with Crippen LogP contribution in [-0.4, -0.2) is 21.0 Å². The molecular weight excluding hydrogens is 228 g/mol. The number of alkyl halides is 2. The van der Waals surface area contributed by atoms with Crippen molar-refractivity contribution in [3.63, 3.8) is 0 Å². The fraction of sp³-hybridized carbons (Fsp3) is 0.143. The number of rotatable bonds is 3. The molecule has 0 fully saturated rings. The van der Waals surface area contributed by atoms with Gasteiger partial charge in [0.25, 0.3) is 6.43 Å². The Balaban J connectivity index is 3.63. The largest absolute Gasteiger partial charge is 0.478 e. The summed E-state index contributed by atoms with van der Waals surface area (Å²) in [6.45, 7) is 0. The summed E-state index contributed by atoms with van der Waals surface area (Å²) in [7, 11) is 0. The first-order valence-corrected chi connectivity index (χ1v) is 3.80. The molecular formula is C7H5F2N3O4. The Kier molecular flexibility index (Phi) is 2.97. The van der Waals surface area contributed by atoms with E-state index in [-0.39, 0.29) is 0 Å². The van der Waals surface area contributed by atoms with E-state index in [1.54, 1.807) is 0 Å². The Bertz CT molecular complexity index is 463. The topological polar surface area (TPSA) is 119 Å². The molecule has 0 radical (unpaired) electrons. The number of anilines is 1. The van der Waals surface area contributed by atoms with E-state index >= 15 is 0 Å². The van der Waals surface area contributed by atoms with Gasteiger partial charge in [-0.15, -0.1) is 0 Å². The lowest BCUT2D eigenvalue weighted by Crippen LogP contribution is -2.10. The molecule has 9 heteroatoms. The third kappa shape index (κ3) is 1.87. The first-order valence-electron chi connectivity index (χ1n) is 3.80. The van der Waals surface area contributed by atoms with Crippen molar-refractivity contribution >= 4 is 17.5 Å².